The van der Waals surface area contributed by atoms with E-state index in [1.54, 1.807) is 30.8 Å². The fourth-order valence-electron chi connectivity index (χ4n) is 3.56. The first-order chi connectivity index (χ1) is 13.5. The van der Waals surface area contributed by atoms with Crippen molar-refractivity contribution in [1.82, 2.24) is 14.5 Å². The number of ether oxygens (including phenoxy) is 2. The third-order valence-corrected chi connectivity index (χ3v) is 5.06. The highest BCUT2D eigenvalue weighted by atomic mass is 16.5. The number of carbonyl (C=O) groups is 1. The summed E-state index contributed by atoms with van der Waals surface area (Å²) in [5.41, 5.74) is 2.85. The number of aryl methyl sites for hydroxylation is 2. The van der Waals surface area contributed by atoms with Crippen LogP contribution in [0.25, 0.3) is 11.0 Å². The standard InChI is InChI=1S/C20H22N4O4/c1-23-15-9-14(18(27-3)10-16(15)24(2)20(23)26)22-19(25)21-13-8-12-6-4-5-7-17(12)28-11-13/h4-7,9-10,13H,8,11H2,1-3H3,(H2,21,22,25). The van der Waals surface area contributed by atoms with Crippen molar-refractivity contribution in [2.45, 2.75) is 12.5 Å². The Morgan fingerprint density at radius 3 is 2.64 bits per heavy atom. The summed E-state index contributed by atoms with van der Waals surface area (Å²) in [4.78, 5) is 24.7. The quantitative estimate of drug-likeness (QED) is 0.726. The van der Waals surface area contributed by atoms with Gasteiger partial charge in [0.25, 0.3) is 0 Å². The molecule has 0 aliphatic carbocycles. The molecule has 8 heteroatoms. The summed E-state index contributed by atoms with van der Waals surface area (Å²) in [6.45, 7) is 0.411. The molecule has 0 saturated carbocycles. The Balaban J connectivity index is 1.54. The van der Waals surface area contributed by atoms with Gasteiger partial charge in [0, 0.05) is 20.2 Å². The third-order valence-electron chi connectivity index (χ3n) is 5.06. The van der Waals surface area contributed by atoms with Crippen molar-refractivity contribution in [2.75, 3.05) is 19.0 Å². The predicted molar refractivity (Wildman–Crippen MR) is 106 cm³/mol. The fourth-order valence-corrected chi connectivity index (χ4v) is 3.56. The minimum atomic E-state index is -0.355. The molecule has 1 aliphatic heterocycles. The number of hydrogen-bond donors (Lipinski definition) is 2. The zero-order valence-electron chi connectivity index (χ0n) is 16.0. The maximum absolute atomic E-state index is 12.5. The van der Waals surface area contributed by atoms with Crippen molar-refractivity contribution in [3.63, 3.8) is 0 Å². The van der Waals surface area contributed by atoms with Crippen molar-refractivity contribution in [3.05, 3.63) is 52.4 Å². The van der Waals surface area contributed by atoms with Crippen molar-refractivity contribution in [3.8, 4) is 11.5 Å². The second-order valence-electron chi connectivity index (χ2n) is 6.86. The zero-order valence-corrected chi connectivity index (χ0v) is 16.0. The first-order valence-electron chi connectivity index (χ1n) is 8.99. The molecule has 1 atom stereocenters. The number of aromatic nitrogens is 2. The number of rotatable bonds is 3. The average molecular weight is 382 g/mol. The van der Waals surface area contributed by atoms with Crippen LogP contribution in [0.1, 0.15) is 5.56 Å². The van der Waals surface area contributed by atoms with Crippen LogP contribution in [0.3, 0.4) is 0 Å². The van der Waals surface area contributed by atoms with Crippen LogP contribution in [-0.4, -0.2) is 34.9 Å². The molecule has 0 radical (unpaired) electrons. The molecule has 0 bridgehead atoms. The molecule has 8 nitrogen and oxygen atoms in total. The van der Waals surface area contributed by atoms with Gasteiger partial charge in [0.15, 0.2) is 0 Å². The van der Waals surface area contributed by atoms with E-state index in [1.807, 2.05) is 24.3 Å². The minimum Gasteiger partial charge on any atom is -0.494 e. The third kappa shape index (κ3) is 3.06. The number of fused-ring (bicyclic) bond motifs is 2. The lowest BCUT2D eigenvalue weighted by Gasteiger charge is -2.26. The van der Waals surface area contributed by atoms with Gasteiger partial charge in [-0.05, 0) is 24.1 Å². The molecule has 0 fully saturated rings. The van der Waals surface area contributed by atoms with Crippen LogP contribution in [0.4, 0.5) is 10.5 Å². The van der Waals surface area contributed by atoms with Crippen LogP contribution in [0.5, 0.6) is 11.5 Å². The Morgan fingerprint density at radius 1 is 1.18 bits per heavy atom. The lowest BCUT2D eigenvalue weighted by molar-refractivity contribution is 0.222. The number of hydrogen-bond acceptors (Lipinski definition) is 4. The van der Waals surface area contributed by atoms with E-state index in [4.69, 9.17) is 9.47 Å². The average Bonchev–Trinajstić information content (AvgIpc) is 2.91. The maximum Gasteiger partial charge on any atom is 0.328 e. The second-order valence-corrected chi connectivity index (χ2v) is 6.86. The van der Waals surface area contributed by atoms with Crippen LogP contribution >= 0.6 is 0 Å². The Bertz CT molecular complexity index is 1120. The molecule has 0 spiro atoms. The maximum atomic E-state index is 12.5. The molecule has 4 rings (SSSR count). The van der Waals surface area contributed by atoms with Gasteiger partial charge in [-0.1, -0.05) is 18.2 Å². The van der Waals surface area contributed by atoms with Gasteiger partial charge in [0.1, 0.15) is 18.1 Å². The lowest BCUT2D eigenvalue weighted by atomic mass is 10.0. The van der Waals surface area contributed by atoms with Crippen LogP contribution in [-0.2, 0) is 20.5 Å². The van der Waals surface area contributed by atoms with Gasteiger partial charge in [-0.3, -0.25) is 9.13 Å². The van der Waals surface area contributed by atoms with Gasteiger partial charge in [-0.25, -0.2) is 9.59 Å². The van der Waals surface area contributed by atoms with Crippen LogP contribution in [0.15, 0.2) is 41.2 Å². The summed E-state index contributed by atoms with van der Waals surface area (Å²) < 4.78 is 14.2. The van der Waals surface area contributed by atoms with E-state index >= 15 is 0 Å². The summed E-state index contributed by atoms with van der Waals surface area (Å²) in [5, 5.41) is 5.76. The van der Waals surface area contributed by atoms with Crippen LogP contribution < -0.4 is 25.8 Å². The Hall–Kier alpha value is -3.42. The van der Waals surface area contributed by atoms with E-state index in [1.165, 1.54) is 11.7 Å². The van der Waals surface area contributed by atoms with E-state index in [0.29, 0.717) is 30.0 Å². The van der Waals surface area contributed by atoms with Gasteiger partial charge >= 0.3 is 11.7 Å². The summed E-state index contributed by atoms with van der Waals surface area (Å²) in [7, 11) is 4.92. The molecule has 0 saturated heterocycles. The summed E-state index contributed by atoms with van der Waals surface area (Å²) in [6, 6.07) is 10.8. The molecule has 3 aromatic rings. The highest BCUT2D eigenvalue weighted by molar-refractivity contribution is 5.95. The lowest BCUT2D eigenvalue weighted by Crippen LogP contribution is -2.44. The smallest absolute Gasteiger partial charge is 0.328 e. The van der Waals surface area contributed by atoms with E-state index in [9.17, 15) is 9.59 Å². The van der Waals surface area contributed by atoms with Crippen LogP contribution in [0.2, 0.25) is 0 Å². The molecular formula is C20H22N4O4. The molecule has 1 aromatic heterocycles. The molecule has 1 unspecified atom stereocenters. The Kier molecular flexibility index (Phi) is 4.46. The summed E-state index contributed by atoms with van der Waals surface area (Å²) >= 11 is 0. The number of urea groups is 1. The largest absolute Gasteiger partial charge is 0.494 e. The number of anilines is 1. The minimum absolute atomic E-state index is 0.134. The second kappa shape index (κ2) is 6.95. The molecule has 28 heavy (non-hydrogen) atoms. The number of amides is 2. The number of imidazole rings is 1. The van der Waals surface area contributed by atoms with Crippen LogP contribution in [0, 0.1) is 0 Å². The monoisotopic (exact) mass is 382 g/mol. The fraction of sp³-hybridized carbons (Fsp3) is 0.300. The van der Waals surface area contributed by atoms with E-state index in [-0.39, 0.29) is 17.8 Å². The van der Waals surface area contributed by atoms with E-state index < -0.39 is 0 Å². The normalized spacial score (nSPS) is 15.6. The number of para-hydroxylation sites is 1. The first-order valence-corrected chi connectivity index (χ1v) is 8.99. The summed E-state index contributed by atoms with van der Waals surface area (Å²) in [5.74, 6) is 1.34. The van der Waals surface area contributed by atoms with Crippen molar-refractivity contribution >= 4 is 22.8 Å². The number of nitrogens with zero attached hydrogens (tertiary/aromatic N) is 2. The Morgan fingerprint density at radius 2 is 1.89 bits per heavy atom. The number of methoxy groups -OCH3 is 1. The van der Waals surface area contributed by atoms with Gasteiger partial charge in [0.05, 0.1) is 29.9 Å². The molecule has 2 amide bonds. The highest BCUT2D eigenvalue weighted by Gasteiger charge is 2.22. The zero-order chi connectivity index (χ0) is 19.8. The highest BCUT2D eigenvalue weighted by Crippen LogP contribution is 2.30. The summed E-state index contributed by atoms with van der Waals surface area (Å²) in [6.07, 6.45) is 0.701. The van der Waals surface area contributed by atoms with Gasteiger partial charge < -0.3 is 20.1 Å². The molecule has 2 heterocycles. The topological polar surface area (TPSA) is 86.5 Å². The number of nitrogens with one attached hydrogen (secondary N) is 2. The van der Waals surface area contributed by atoms with E-state index in [0.717, 1.165) is 16.8 Å². The molecular weight excluding hydrogens is 360 g/mol. The van der Waals surface area contributed by atoms with Gasteiger partial charge in [-0.15, -0.1) is 0 Å². The SMILES string of the molecule is COc1cc2c(cc1NC(=O)NC1COc3ccccc3C1)n(C)c(=O)n2C. The van der Waals surface area contributed by atoms with Gasteiger partial charge in [-0.2, -0.15) is 0 Å². The Labute approximate surface area is 161 Å². The predicted octanol–water partition coefficient (Wildman–Crippen LogP) is 2.01. The van der Waals surface area contributed by atoms with Crippen molar-refractivity contribution in [1.29, 1.82) is 0 Å². The molecule has 1 aliphatic rings. The van der Waals surface area contributed by atoms with Crippen molar-refractivity contribution < 1.29 is 14.3 Å². The molecule has 2 aromatic carbocycles. The number of benzene rings is 2. The van der Waals surface area contributed by atoms with Crippen molar-refractivity contribution in [2.24, 2.45) is 14.1 Å². The van der Waals surface area contributed by atoms with E-state index in [2.05, 4.69) is 10.6 Å². The molecule has 2 N–H and O–H groups in total. The molecule has 146 valence electrons. The first kappa shape index (κ1) is 18.0. The van der Waals surface area contributed by atoms with Gasteiger partial charge in [0.2, 0.25) is 0 Å². The number of carbonyl (C=O) groups excluding carboxylic acids is 1.